The molecule has 2 rings (SSSR count). The van der Waals surface area contributed by atoms with Crippen LogP contribution in [0.2, 0.25) is 0 Å². The zero-order valence-electron chi connectivity index (χ0n) is 20.0. The summed E-state index contributed by atoms with van der Waals surface area (Å²) >= 11 is -1.57. The fourth-order valence-corrected chi connectivity index (χ4v) is 3.54. The molecule has 1 N–H and O–H groups in total. The average molecular weight is 476 g/mol. The summed E-state index contributed by atoms with van der Waals surface area (Å²) in [5.74, 6) is -0.781. The Morgan fingerprint density at radius 3 is 2.00 bits per heavy atom. The molecule has 0 amide bonds. The van der Waals surface area contributed by atoms with Gasteiger partial charge in [-0.25, -0.2) is 9.59 Å². The molecule has 0 saturated carbocycles. The van der Waals surface area contributed by atoms with Crippen LogP contribution < -0.4 is 4.72 Å². The Balaban J connectivity index is 2.36. The molecule has 0 spiro atoms. The summed E-state index contributed by atoms with van der Waals surface area (Å²) in [5, 5.41) is 0. The van der Waals surface area contributed by atoms with E-state index in [0.29, 0.717) is 5.56 Å². The summed E-state index contributed by atoms with van der Waals surface area (Å²) in [6.07, 6.45) is -2.45. The molecule has 0 aromatic heterocycles. The Morgan fingerprint density at radius 1 is 0.939 bits per heavy atom. The lowest BCUT2D eigenvalue weighted by atomic mass is 10.0. The summed E-state index contributed by atoms with van der Waals surface area (Å²) < 4.78 is 31.5. The van der Waals surface area contributed by atoms with Crippen molar-refractivity contribution in [2.75, 3.05) is 0 Å². The first-order valence-corrected chi connectivity index (χ1v) is 11.8. The van der Waals surface area contributed by atoms with Crippen LogP contribution in [0.25, 0.3) is 0 Å². The van der Waals surface area contributed by atoms with Crippen LogP contribution in [-0.4, -0.2) is 33.1 Å². The first-order valence-electron chi connectivity index (χ1n) is 10.7. The first-order chi connectivity index (χ1) is 15.4. The SMILES string of the molecule is CC(C)(C)OC(=O)O[C@@H](C(=O)OCc1ccccc1)[C@@H](N[S+]([O-])C(C)(C)C)c1ccccc1. The Bertz CT molecular complexity index is 893. The van der Waals surface area contributed by atoms with Gasteiger partial charge in [0.2, 0.25) is 6.10 Å². The molecule has 0 heterocycles. The molecule has 2 aromatic rings. The van der Waals surface area contributed by atoms with E-state index in [1.807, 2.05) is 36.4 Å². The van der Waals surface area contributed by atoms with Gasteiger partial charge in [-0.15, -0.1) is 4.72 Å². The van der Waals surface area contributed by atoms with Crippen LogP contribution in [0.5, 0.6) is 0 Å². The zero-order valence-corrected chi connectivity index (χ0v) is 20.8. The van der Waals surface area contributed by atoms with Crippen LogP contribution in [-0.2, 0) is 37.0 Å². The molecule has 3 atom stereocenters. The van der Waals surface area contributed by atoms with Crippen molar-refractivity contribution in [3.05, 3.63) is 71.8 Å². The third kappa shape index (κ3) is 9.07. The molecule has 0 aliphatic rings. The fraction of sp³-hybridized carbons (Fsp3) is 0.440. The van der Waals surface area contributed by atoms with Crippen molar-refractivity contribution in [2.24, 2.45) is 0 Å². The van der Waals surface area contributed by atoms with Crippen molar-refractivity contribution >= 4 is 23.5 Å². The molecule has 0 aliphatic carbocycles. The summed E-state index contributed by atoms with van der Waals surface area (Å²) in [6.45, 7) is 10.5. The van der Waals surface area contributed by atoms with Gasteiger partial charge in [0.15, 0.2) is 0 Å². The molecule has 180 valence electrons. The van der Waals surface area contributed by atoms with E-state index < -0.39 is 46.0 Å². The van der Waals surface area contributed by atoms with Gasteiger partial charge < -0.3 is 18.8 Å². The van der Waals surface area contributed by atoms with Gasteiger partial charge in [0.1, 0.15) is 23.0 Å². The number of hydrogen-bond donors (Lipinski definition) is 1. The molecule has 0 fully saturated rings. The van der Waals surface area contributed by atoms with Crippen molar-refractivity contribution in [1.82, 2.24) is 4.72 Å². The average Bonchev–Trinajstić information content (AvgIpc) is 2.73. The van der Waals surface area contributed by atoms with Crippen molar-refractivity contribution in [2.45, 2.75) is 70.6 Å². The number of benzene rings is 2. The van der Waals surface area contributed by atoms with Gasteiger partial charge in [0.25, 0.3) is 0 Å². The number of nitrogens with one attached hydrogen (secondary N) is 1. The second kappa shape index (κ2) is 11.5. The second-order valence-electron chi connectivity index (χ2n) is 9.48. The van der Waals surface area contributed by atoms with Gasteiger partial charge in [-0.1, -0.05) is 60.7 Å². The molecule has 0 aliphatic heterocycles. The number of esters is 1. The molecule has 0 bridgehead atoms. The third-order valence-electron chi connectivity index (χ3n) is 4.32. The van der Waals surface area contributed by atoms with E-state index in [2.05, 4.69) is 4.72 Å². The van der Waals surface area contributed by atoms with E-state index in [0.717, 1.165) is 5.56 Å². The highest BCUT2D eigenvalue weighted by Crippen LogP contribution is 2.26. The van der Waals surface area contributed by atoms with E-state index in [-0.39, 0.29) is 6.61 Å². The van der Waals surface area contributed by atoms with E-state index in [1.54, 1.807) is 65.8 Å². The zero-order chi connectivity index (χ0) is 24.6. The van der Waals surface area contributed by atoms with Gasteiger partial charge in [0, 0.05) is 11.4 Å². The number of rotatable bonds is 8. The van der Waals surface area contributed by atoms with E-state index in [9.17, 15) is 14.1 Å². The Morgan fingerprint density at radius 2 is 1.48 bits per heavy atom. The smallest absolute Gasteiger partial charge is 0.509 e. The standard InChI is InChI=1S/C25H33NO6S/c1-24(2,3)32-23(28)31-21(22(27)30-17-18-13-9-7-10-14-18)20(19-15-11-8-12-16-19)26-33(29)25(4,5)6/h7-16,20-21,26H,17H2,1-6H3/t20-,21+,33?/m0/s1. The maximum absolute atomic E-state index is 13.2. The minimum atomic E-state index is -1.57. The molecule has 7 nitrogen and oxygen atoms in total. The van der Waals surface area contributed by atoms with Gasteiger partial charge >= 0.3 is 12.1 Å². The molecule has 33 heavy (non-hydrogen) atoms. The Kier molecular flexibility index (Phi) is 9.34. The highest BCUT2D eigenvalue weighted by molar-refractivity contribution is 7.90. The van der Waals surface area contributed by atoms with Gasteiger partial charge in [-0.2, -0.15) is 0 Å². The van der Waals surface area contributed by atoms with Crippen molar-refractivity contribution in [3.63, 3.8) is 0 Å². The predicted molar refractivity (Wildman–Crippen MR) is 128 cm³/mol. The maximum Gasteiger partial charge on any atom is 0.509 e. The lowest BCUT2D eigenvalue weighted by Gasteiger charge is -2.31. The van der Waals surface area contributed by atoms with Crippen molar-refractivity contribution < 1.29 is 28.4 Å². The quantitative estimate of drug-likeness (QED) is 0.431. The van der Waals surface area contributed by atoms with Crippen LogP contribution in [0.4, 0.5) is 4.79 Å². The van der Waals surface area contributed by atoms with Gasteiger partial charge in [-0.3, -0.25) is 0 Å². The van der Waals surface area contributed by atoms with E-state index >= 15 is 0 Å². The van der Waals surface area contributed by atoms with Gasteiger partial charge in [-0.05, 0) is 52.7 Å². The lowest BCUT2D eigenvalue weighted by Crippen LogP contribution is -2.48. The number of carbonyl (C=O) groups excluding carboxylic acids is 2. The van der Waals surface area contributed by atoms with Crippen LogP contribution in [0.1, 0.15) is 58.7 Å². The van der Waals surface area contributed by atoms with Crippen LogP contribution in [0, 0.1) is 0 Å². The summed E-state index contributed by atoms with van der Waals surface area (Å²) in [5.41, 5.74) is 0.573. The van der Waals surface area contributed by atoms with Crippen LogP contribution in [0.15, 0.2) is 60.7 Å². The molecule has 0 radical (unpaired) electrons. The molecular formula is C25H33NO6S. The minimum absolute atomic E-state index is 0.00226. The highest BCUT2D eigenvalue weighted by Gasteiger charge is 2.41. The van der Waals surface area contributed by atoms with Crippen LogP contribution >= 0.6 is 0 Å². The first kappa shape index (κ1) is 26.7. The van der Waals surface area contributed by atoms with E-state index in [4.69, 9.17) is 14.2 Å². The summed E-state index contributed by atoms with van der Waals surface area (Å²) in [7, 11) is 0. The predicted octanol–water partition coefficient (Wildman–Crippen LogP) is 4.84. The molecule has 1 unspecified atom stereocenters. The van der Waals surface area contributed by atoms with Crippen molar-refractivity contribution in [1.29, 1.82) is 0 Å². The number of hydrogen-bond acceptors (Lipinski definition) is 7. The number of carbonyl (C=O) groups is 2. The van der Waals surface area contributed by atoms with Crippen molar-refractivity contribution in [3.8, 4) is 0 Å². The lowest BCUT2D eigenvalue weighted by molar-refractivity contribution is -0.159. The van der Waals surface area contributed by atoms with Crippen LogP contribution in [0.3, 0.4) is 0 Å². The second-order valence-corrected chi connectivity index (χ2v) is 11.5. The third-order valence-corrected chi connectivity index (χ3v) is 5.90. The Labute approximate surface area is 199 Å². The molecule has 8 heteroatoms. The minimum Gasteiger partial charge on any atom is -0.598 e. The monoisotopic (exact) mass is 475 g/mol. The normalized spacial score (nSPS) is 14.6. The summed E-state index contributed by atoms with van der Waals surface area (Å²) in [4.78, 5) is 25.7. The molecule has 0 saturated heterocycles. The Hall–Kier alpha value is -2.55. The fourth-order valence-electron chi connectivity index (χ4n) is 2.70. The highest BCUT2D eigenvalue weighted by atomic mass is 32.2. The van der Waals surface area contributed by atoms with Gasteiger partial charge in [0.05, 0.1) is 0 Å². The number of ether oxygens (including phenoxy) is 3. The van der Waals surface area contributed by atoms with E-state index in [1.165, 1.54) is 0 Å². The summed E-state index contributed by atoms with van der Waals surface area (Å²) in [6, 6.07) is 17.1. The molecule has 2 aromatic carbocycles. The molecular weight excluding hydrogens is 442 g/mol. The largest absolute Gasteiger partial charge is 0.598 e. The topological polar surface area (TPSA) is 96.9 Å². The maximum atomic E-state index is 13.2.